The molecule has 2 aliphatic rings. The molecular weight excluding hydrogens is 198 g/mol. The fourth-order valence-corrected chi connectivity index (χ4v) is 3.20. The van der Waals surface area contributed by atoms with Gasteiger partial charge >= 0.3 is 0 Å². The van der Waals surface area contributed by atoms with Gasteiger partial charge < -0.3 is 10.2 Å². The third-order valence-electron chi connectivity index (χ3n) is 4.13. The highest BCUT2D eigenvalue weighted by molar-refractivity contribution is 4.88. The van der Waals surface area contributed by atoms with Crippen molar-refractivity contribution in [3.05, 3.63) is 0 Å². The molecule has 0 amide bonds. The van der Waals surface area contributed by atoms with Crippen LogP contribution in [0.1, 0.15) is 25.7 Å². The van der Waals surface area contributed by atoms with Crippen LogP contribution in [0.25, 0.3) is 0 Å². The van der Waals surface area contributed by atoms with E-state index >= 15 is 0 Å². The SMILES string of the molecule is CN(C)CCN1CCCC1C1CCCNC1. The summed E-state index contributed by atoms with van der Waals surface area (Å²) in [6.07, 6.45) is 5.66. The number of nitrogens with zero attached hydrogens (tertiary/aromatic N) is 2. The maximum Gasteiger partial charge on any atom is 0.0137 e. The van der Waals surface area contributed by atoms with Crippen molar-refractivity contribution in [1.82, 2.24) is 15.1 Å². The molecule has 2 heterocycles. The third-order valence-corrected chi connectivity index (χ3v) is 4.13. The number of piperidine rings is 1. The summed E-state index contributed by atoms with van der Waals surface area (Å²) < 4.78 is 0. The van der Waals surface area contributed by atoms with Crippen molar-refractivity contribution in [1.29, 1.82) is 0 Å². The van der Waals surface area contributed by atoms with Gasteiger partial charge in [-0.2, -0.15) is 0 Å². The Bertz CT molecular complexity index is 199. The minimum absolute atomic E-state index is 0.868. The van der Waals surface area contributed by atoms with E-state index in [2.05, 4.69) is 29.2 Å². The van der Waals surface area contributed by atoms with Crippen LogP contribution in [0.5, 0.6) is 0 Å². The molecule has 3 heteroatoms. The molecule has 0 bridgehead atoms. The smallest absolute Gasteiger partial charge is 0.0137 e. The highest BCUT2D eigenvalue weighted by Gasteiger charge is 2.31. The summed E-state index contributed by atoms with van der Waals surface area (Å²) in [4.78, 5) is 5.03. The number of rotatable bonds is 4. The summed E-state index contributed by atoms with van der Waals surface area (Å²) in [7, 11) is 4.35. The predicted octanol–water partition coefficient (Wildman–Crippen LogP) is 1.01. The molecule has 0 aromatic heterocycles. The number of likely N-dealkylation sites (N-methyl/N-ethyl adjacent to an activating group) is 1. The van der Waals surface area contributed by atoms with Crippen molar-refractivity contribution in [3.8, 4) is 0 Å². The largest absolute Gasteiger partial charge is 0.316 e. The van der Waals surface area contributed by atoms with Crippen molar-refractivity contribution in [3.63, 3.8) is 0 Å². The molecular formula is C13H27N3. The summed E-state index contributed by atoms with van der Waals surface area (Å²) >= 11 is 0. The van der Waals surface area contributed by atoms with E-state index in [0.717, 1.165) is 12.0 Å². The van der Waals surface area contributed by atoms with Crippen molar-refractivity contribution in [2.45, 2.75) is 31.7 Å². The molecule has 3 nitrogen and oxygen atoms in total. The molecule has 1 N–H and O–H groups in total. The first-order chi connectivity index (χ1) is 7.77. The van der Waals surface area contributed by atoms with Gasteiger partial charge in [0.15, 0.2) is 0 Å². The van der Waals surface area contributed by atoms with Crippen LogP contribution in [0.3, 0.4) is 0 Å². The minimum atomic E-state index is 0.868. The van der Waals surface area contributed by atoms with Gasteiger partial charge in [-0.15, -0.1) is 0 Å². The van der Waals surface area contributed by atoms with E-state index < -0.39 is 0 Å². The van der Waals surface area contributed by atoms with Gasteiger partial charge in [0.25, 0.3) is 0 Å². The first kappa shape index (κ1) is 12.3. The summed E-state index contributed by atoms with van der Waals surface area (Å²) in [5, 5.41) is 3.56. The molecule has 0 aliphatic carbocycles. The van der Waals surface area contributed by atoms with Crippen LogP contribution in [0.4, 0.5) is 0 Å². The monoisotopic (exact) mass is 225 g/mol. The Hall–Kier alpha value is -0.120. The molecule has 94 valence electrons. The Morgan fingerprint density at radius 3 is 2.81 bits per heavy atom. The maximum atomic E-state index is 3.56. The van der Waals surface area contributed by atoms with Crippen LogP contribution in [-0.2, 0) is 0 Å². The summed E-state index contributed by atoms with van der Waals surface area (Å²) in [6, 6.07) is 0.868. The lowest BCUT2D eigenvalue weighted by molar-refractivity contribution is 0.154. The molecule has 16 heavy (non-hydrogen) atoms. The molecule has 2 atom stereocenters. The average molecular weight is 225 g/mol. The number of nitrogens with one attached hydrogen (secondary N) is 1. The normalized spacial score (nSPS) is 32.4. The van der Waals surface area contributed by atoms with Crippen LogP contribution < -0.4 is 5.32 Å². The zero-order valence-electron chi connectivity index (χ0n) is 10.9. The van der Waals surface area contributed by atoms with Crippen molar-refractivity contribution in [2.75, 3.05) is 46.8 Å². The van der Waals surface area contributed by atoms with Gasteiger partial charge in [-0.05, 0) is 65.3 Å². The van der Waals surface area contributed by atoms with Gasteiger partial charge in [0.05, 0.1) is 0 Å². The lowest BCUT2D eigenvalue weighted by atomic mass is 9.90. The molecule has 0 aromatic rings. The van der Waals surface area contributed by atoms with Gasteiger partial charge in [-0.1, -0.05) is 0 Å². The number of hydrogen-bond donors (Lipinski definition) is 1. The molecule has 0 spiro atoms. The van der Waals surface area contributed by atoms with E-state index in [1.165, 1.54) is 58.4 Å². The van der Waals surface area contributed by atoms with Crippen molar-refractivity contribution in [2.24, 2.45) is 5.92 Å². The zero-order valence-corrected chi connectivity index (χ0v) is 10.9. The third kappa shape index (κ3) is 3.19. The highest BCUT2D eigenvalue weighted by Crippen LogP contribution is 2.27. The summed E-state index contributed by atoms with van der Waals surface area (Å²) in [6.45, 7) is 6.28. The quantitative estimate of drug-likeness (QED) is 0.770. The Morgan fingerprint density at radius 2 is 2.12 bits per heavy atom. The highest BCUT2D eigenvalue weighted by atomic mass is 15.2. The Labute approximate surface area is 100 Å². The van der Waals surface area contributed by atoms with E-state index in [9.17, 15) is 0 Å². The number of hydrogen-bond acceptors (Lipinski definition) is 3. The second-order valence-corrected chi connectivity index (χ2v) is 5.66. The van der Waals surface area contributed by atoms with Gasteiger partial charge in [0.1, 0.15) is 0 Å². The molecule has 2 rings (SSSR count). The molecule has 0 aromatic carbocycles. The fourth-order valence-electron chi connectivity index (χ4n) is 3.20. The predicted molar refractivity (Wildman–Crippen MR) is 68.7 cm³/mol. The van der Waals surface area contributed by atoms with Gasteiger partial charge in [0.2, 0.25) is 0 Å². The van der Waals surface area contributed by atoms with Crippen molar-refractivity contribution >= 4 is 0 Å². The molecule has 2 fully saturated rings. The zero-order chi connectivity index (χ0) is 11.4. The fraction of sp³-hybridized carbons (Fsp3) is 1.00. The van der Waals surface area contributed by atoms with E-state index in [-0.39, 0.29) is 0 Å². The Kier molecular flexibility index (Phi) is 4.62. The molecule has 0 saturated carbocycles. The second kappa shape index (κ2) is 5.99. The summed E-state index contributed by atoms with van der Waals surface area (Å²) in [5.74, 6) is 0.915. The second-order valence-electron chi connectivity index (χ2n) is 5.66. The first-order valence-electron chi connectivity index (χ1n) is 6.87. The van der Waals surface area contributed by atoms with Crippen LogP contribution in [0.2, 0.25) is 0 Å². The maximum absolute atomic E-state index is 3.56. The van der Waals surface area contributed by atoms with E-state index in [0.29, 0.717) is 0 Å². The lowest BCUT2D eigenvalue weighted by Crippen LogP contribution is -2.45. The van der Waals surface area contributed by atoms with Gasteiger partial charge in [-0.25, -0.2) is 0 Å². The molecule has 2 unspecified atom stereocenters. The Morgan fingerprint density at radius 1 is 1.25 bits per heavy atom. The van der Waals surface area contributed by atoms with E-state index in [1.807, 2.05) is 0 Å². The van der Waals surface area contributed by atoms with Crippen LogP contribution in [-0.4, -0.2) is 62.7 Å². The topological polar surface area (TPSA) is 18.5 Å². The lowest BCUT2D eigenvalue weighted by Gasteiger charge is -2.34. The molecule has 2 saturated heterocycles. The minimum Gasteiger partial charge on any atom is -0.316 e. The molecule has 2 aliphatic heterocycles. The van der Waals surface area contributed by atoms with Crippen LogP contribution in [0, 0.1) is 5.92 Å². The van der Waals surface area contributed by atoms with Crippen LogP contribution in [0.15, 0.2) is 0 Å². The standard InChI is InChI=1S/C13H27N3/c1-15(2)9-10-16-8-4-6-13(16)12-5-3-7-14-11-12/h12-14H,3-11H2,1-2H3. The first-order valence-corrected chi connectivity index (χ1v) is 6.87. The van der Waals surface area contributed by atoms with Gasteiger partial charge in [0, 0.05) is 19.1 Å². The van der Waals surface area contributed by atoms with Crippen LogP contribution >= 0.6 is 0 Å². The van der Waals surface area contributed by atoms with E-state index in [1.54, 1.807) is 0 Å². The average Bonchev–Trinajstić information content (AvgIpc) is 2.75. The summed E-state index contributed by atoms with van der Waals surface area (Å²) in [5.41, 5.74) is 0. The van der Waals surface area contributed by atoms with Gasteiger partial charge in [-0.3, -0.25) is 4.90 Å². The van der Waals surface area contributed by atoms with Crippen molar-refractivity contribution < 1.29 is 0 Å². The number of likely N-dealkylation sites (tertiary alicyclic amines) is 1. The Balaban J connectivity index is 1.82. The van der Waals surface area contributed by atoms with E-state index in [4.69, 9.17) is 0 Å². The molecule has 0 radical (unpaired) electrons.